The van der Waals surface area contributed by atoms with Crippen LogP contribution in [0.5, 0.6) is 5.75 Å². The average Bonchev–Trinajstić information content (AvgIpc) is 2.85. The summed E-state index contributed by atoms with van der Waals surface area (Å²) < 4.78 is 5.57. The first-order chi connectivity index (χ1) is 8.29. The number of nitrogens with one attached hydrogen (secondary N) is 1. The van der Waals surface area contributed by atoms with Crippen LogP contribution in [0.15, 0.2) is 42.5 Å². The van der Waals surface area contributed by atoms with Crippen molar-refractivity contribution >= 4 is 17.2 Å². The summed E-state index contributed by atoms with van der Waals surface area (Å²) in [5, 5.41) is 0. The molecule has 3 N–H and O–H groups in total. The quantitative estimate of drug-likeness (QED) is 0.493. The summed E-state index contributed by atoms with van der Waals surface area (Å²) >= 11 is 1.37. The number of para-hydroxylation sites is 1. The normalized spacial score (nSPS) is 9.94. The summed E-state index contributed by atoms with van der Waals surface area (Å²) in [6.07, 6.45) is 0. The SMILES string of the molecule is NNC(=O)c1ccc(COc2ccccc2)s1. The lowest BCUT2D eigenvalue weighted by Crippen LogP contribution is -2.29. The smallest absolute Gasteiger partial charge is 0.275 e. The minimum absolute atomic E-state index is 0.277. The summed E-state index contributed by atoms with van der Waals surface area (Å²) in [6, 6.07) is 13.1. The van der Waals surface area contributed by atoms with Crippen molar-refractivity contribution < 1.29 is 9.53 Å². The zero-order valence-electron chi connectivity index (χ0n) is 9.05. The Morgan fingerprint density at radius 1 is 1.24 bits per heavy atom. The summed E-state index contributed by atoms with van der Waals surface area (Å²) in [4.78, 5) is 12.8. The van der Waals surface area contributed by atoms with Crippen molar-refractivity contribution in [3.8, 4) is 5.75 Å². The number of thiophene rings is 1. The Kier molecular flexibility index (Phi) is 3.74. The zero-order valence-corrected chi connectivity index (χ0v) is 9.87. The molecule has 1 heterocycles. The molecule has 1 aromatic heterocycles. The molecule has 0 saturated heterocycles. The number of rotatable bonds is 4. The fraction of sp³-hybridized carbons (Fsp3) is 0.0833. The number of ether oxygens (including phenoxy) is 1. The van der Waals surface area contributed by atoms with Gasteiger partial charge in [-0.2, -0.15) is 0 Å². The van der Waals surface area contributed by atoms with Gasteiger partial charge in [-0.05, 0) is 24.3 Å². The second-order valence-electron chi connectivity index (χ2n) is 3.34. The van der Waals surface area contributed by atoms with Gasteiger partial charge in [0.15, 0.2) is 0 Å². The van der Waals surface area contributed by atoms with Gasteiger partial charge in [0.1, 0.15) is 12.4 Å². The van der Waals surface area contributed by atoms with E-state index >= 15 is 0 Å². The lowest BCUT2D eigenvalue weighted by Gasteiger charge is -2.03. The van der Waals surface area contributed by atoms with E-state index in [9.17, 15) is 4.79 Å². The molecule has 0 aliphatic carbocycles. The third kappa shape index (κ3) is 3.05. The third-order valence-electron chi connectivity index (χ3n) is 2.14. The van der Waals surface area contributed by atoms with Crippen molar-refractivity contribution in [2.45, 2.75) is 6.61 Å². The number of amides is 1. The Morgan fingerprint density at radius 2 is 2.00 bits per heavy atom. The van der Waals surface area contributed by atoms with Crippen LogP contribution in [-0.2, 0) is 6.61 Å². The lowest BCUT2D eigenvalue weighted by molar-refractivity contribution is 0.0957. The van der Waals surface area contributed by atoms with Gasteiger partial charge in [-0.1, -0.05) is 18.2 Å². The number of carbonyl (C=O) groups is 1. The summed E-state index contributed by atoms with van der Waals surface area (Å²) in [5.74, 6) is 5.59. The molecule has 0 aliphatic rings. The Labute approximate surface area is 103 Å². The van der Waals surface area contributed by atoms with Gasteiger partial charge in [-0.3, -0.25) is 10.2 Å². The maximum absolute atomic E-state index is 11.2. The molecule has 0 spiro atoms. The Bertz CT molecular complexity index is 496. The maximum atomic E-state index is 11.2. The molecule has 4 nitrogen and oxygen atoms in total. The molecule has 0 fully saturated rings. The Morgan fingerprint density at radius 3 is 2.71 bits per heavy atom. The standard InChI is InChI=1S/C12H12N2O2S/c13-14-12(15)11-7-6-10(17-11)8-16-9-4-2-1-3-5-9/h1-7H,8,13H2,(H,14,15). The first kappa shape index (κ1) is 11.6. The molecule has 2 aromatic rings. The predicted molar refractivity (Wildman–Crippen MR) is 66.7 cm³/mol. The molecular weight excluding hydrogens is 236 g/mol. The minimum atomic E-state index is -0.277. The molecule has 88 valence electrons. The molecule has 0 unspecified atom stereocenters. The van der Waals surface area contributed by atoms with Crippen LogP contribution in [0.25, 0.3) is 0 Å². The summed E-state index contributed by atoms with van der Waals surface area (Å²) in [5.41, 5.74) is 2.10. The molecule has 5 heteroatoms. The van der Waals surface area contributed by atoms with E-state index < -0.39 is 0 Å². The Balaban J connectivity index is 1.96. The van der Waals surface area contributed by atoms with Gasteiger partial charge in [0.05, 0.1) is 4.88 Å². The monoisotopic (exact) mass is 248 g/mol. The first-order valence-electron chi connectivity index (χ1n) is 5.07. The number of hydrazine groups is 1. The molecular formula is C12H12N2O2S. The number of nitrogen functional groups attached to an aromatic ring is 1. The van der Waals surface area contributed by atoms with E-state index in [4.69, 9.17) is 10.6 Å². The highest BCUT2D eigenvalue weighted by molar-refractivity contribution is 7.14. The van der Waals surface area contributed by atoms with E-state index in [0.29, 0.717) is 11.5 Å². The van der Waals surface area contributed by atoms with Crippen LogP contribution < -0.4 is 16.0 Å². The fourth-order valence-electron chi connectivity index (χ4n) is 1.32. The van der Waals surface area contributed by atoms with Crippen molar-refractivity contribution in [2.24, 2.45) is 5.84 Å². The highest BCUT2D eigenvalue weighted by atomic mass is 32.1. The van der Waals surface area contributed by atoms with Crippen molar-refractivity contribution in [3.63, 3.8) is 0 Å². The predicted octanol–water partition coefficient (Wildman–Crippen LogP) is 1.93. The van der Waals surface area contributed by atoms with Crippen LogP contribution in [0.3, 0.4) is 0 Å². The number of benzene rings is 1. The largest absolute Gasteiger partial charge is 0.488 e. The van der Waals surface area contributed by atoms with Gasteiger partial charge in [0.25, 0.3) is 5.91 Å². The number of nitrogens with two attached hydrogens (primary N) is 1. The van der Waals surface area contributed by atoms with Crippen LogP contribution in [0.1, 0.15) is 14.5 Å². The first-order valence-corrected chi connectivity index (χ1v) is 5.89. The van der Waals surface area contributed by atoms with Gasteiger partial charge in [0, 0.05) is 4.88 Å². The van der Waals surface area contributed by atoms with E-state index in [-0.39, 0.29) is 5.91 Å². The lowest BCUT2D eigenvalue weighted by atomic mass is 10.3. The molecule has 2 rings (SSSR count). The molecule has 17 heavy (non-hydrogen) atoms. The van der Waals surface area contributed by atoms with E-state index in [1.54, 1.807) is 6.07 Å². The van der Waals surface area contributed by atoms with Crippen LogP contribution >= 0.6 is 11.3 Å². The number of carbonyl (C=O) groups excluding carboxylic acids is 1. The van der Waals surface area contributed by atoms with E-state index in [1.807, 2.05) is 36.4 Å². The van der Waals surface area contributed by atoms with Crippen molar-refractivity contribution in [3.05, 3.63) is 52.2 Å². The summed E-state index contributed by atoms with van der Waals surface area (Å²) in [6.45, 7) is 0.451. The Hall–Kier alpha value is -1.85. The van der Waals surface area contributed by atoms with E-state index in [2.05, 4.69) is 5.43 Å². The van der Waals surface area contributed by atoms with Gasteiger partial charge < -0.3 is 4.74 Å². The second-order valence-corrected chi connectivity index (χ2v) is 4.51. The number of hydrogen-bond acceptors (Lipinski definition) is 4. The number of hydrogen-bond donors (Lipinski definition) is 2. The van der Waals surface area contributed by atoms with Crippen LogP contribution in [-0.4, -0.2) is 5.91 Å². The minimum Gasteiger partial charge on any atom is -0.488 e. The highest BCUT2D eigenvalue weighted by Gasteiger charge is 2.07. The van der Waals surface area contributed by atoms with Gasteiger partial charge in [-0.15, -0.1) is 11.3 Å². The second kappa shape index (κ2) is 5.47. The summed E-state index contributed by atoms with van der Waals surface area (Å²) in [7, 11) is 0. The zero-order chi connectivity index (χ0) is 12.1. The van der Waals surface area contributed by atoms with Crippen molar-refractivity contribution in [1.82, 2.24) is 5.43 Å². The topological polar surface area (TPSA) is 64.3 Å². The van der Waals surface area contributed by atoms with Gasteiger partial charge >= 0.3 is 0 Å². The molecule has 1 aromatic carbocycles. The average molecular weight is 248 g/mol. The third-order valence-corrected chi connectivity index (χ3v) is 3.20. The van der Waals surface area contributed by atoms with Crippen LogP contribution in [0.2, 0.25) is 0 Å². The maximum Gasteiger partial charge on any atom is 0.275 e. The molecule has 1 amide bonds. The van der Waals surface area contributed by atoms with E-state index in [0.717, 1.165) is 10.6 Å². The van der Waals surface area contributed by atoms with Gasteiger partial charge in [-0.25, -0.2) is 5.84 Å². The highest BCUT2D eigenvalue weighted by Crippen LogP contribution is 2.18. The van der Waals surface area contributed by atoms with Gasteiger partial charge in [0.2, 0.25) is 0 Å². The fourth-order valence-corrected chi connectivity index (χ4v) is 2.14. The van der Waals surface area contributed by atoms with Crippen LogP contribution in [0.4, 0.5) is 0 Å². The van der Waals surface area contributed by atoms with Crippen molar-refractivity contribution in [1.29, 1.82) is 0 Å². The van der Waals surface area contributed by atoms with Crippen LogP contribution in [0, 0.1) is 0 Å². The molecule has 0 aliphatic heterocycles. The molecule has 0 bridgehead atoms. The molecule has 0 atom stereocenters. The molecule has 0 radical (unpaired) electrons. The van der Waals surface area contributed by atoms with Crippen molar-refractivity contribution in [2.75, 3.05) is 0 Å². The van der Waals surface area contributed by atoms with E-state index in [1.165, 1.54) is 11.3 Å². The molecule has 0 saturated carbocycles.